The van der Waals surface area contributed by atoms with Gasteiger partial charge in [-0.1, -0.05) is 0 Å². The van der Waals surface area contributed by atoms with E-state index in [4.69, 9.17) is 0 Å². The van der Waals surface area contributed by atoms with Gasteiger partial charge in [0.05, 0.1) is 12.5 Å². The van der Waals surface area contributed by atoms with Crippen LogP contribution in [0.3, 0.4) is 0 Å². The molecule has 1 fully saturated rings. The summed E-state index contributed by atoms with van der Waals surface area (Å²) in [5.74, 6) is -0.635. The second-order valence-corrected chi connectivity index (χ2v) is 6.64. The first-order chi connectivity index (χ1) is 12.3. The van der Waals surface area contributed by atoms with Gasteiger partial charge < -0.3 is 9.88 Å². The molecule has 1 N–H and O–H groups in total. The number of rotatable bonds is 5. The van der Waals surface area contributed by atoms with Crippen molar-refractivity contribution in [3.8, 4) is 0 Å². The highest BCUT2D eigenvalue weighted by Gasteiger charge is 2.44. The van der Waals surface area contributed by atoms with Gasteiger partial charge in [-0.05, 0) is 19.4 Å². The predicted octanol–water partition coefficient (Wildman–Crippen LogP) is 1.29. The van der Waals surface area contributed by atoms with Crippen LogP contribution in [-0.4, -0.2) is 55.9 Å². The predicted molar refractivity (Wildman–Crippen MR) is 87.0 cm³/mol. The lowest BCUT2D eigenvalue weighted by atomic mass is 9.87. The van der Waals surface area contributed by atoms with Crippen molar-refractivity contribution in [2.24, 2.45) is 7.05 Å². The smallest absolute Gasteiger partial charge is 0.345 e. The summed E-state index contributed by atoms with van der Waals surface area (Å²) in [7, 11) is 1.82. The molecule has 3 rings (SSSR count). The van der Waals surface area contributed by atoms with E-state index in [0.717, 1.165) is 12.1 Å². The molecular formula is C16H21F3N6O. The normalized spacial score (nSPS) is 21.7. The SMILES string of the molecule is Cn1cc(CN2CCCC(C(=O)NCC(F)(F)F)(n3ccnc3)C2)cn1. The second kappa shape index (κ2) is 7.10. The van der Waals surface area contributed by atoms with E-state index in [-0.39, 0.29) is 0 Å². The van der Waals surface area contributed by atoms with Crippen LogP contribution in [0.25, 0.3) is 0 Å². The molecule has 0 aromatic carbocycles. The van der Waals surface area contributed by atoms with Crippen LogP contribution in [0, 0.1) is 0 Å². The Hall–Kier alpha value is -2.36. The Morgan fingerprint density at radius 1 is 1.42 bits per heavy atom. The van der Waals surface area contributed by atoms with Crippen molar-refractivity contribution in [3.05, 3.63) is 36.7 Å². The number of likely N-dealkylation sites (tertiary alicyclic amines) is 1. The third-order valence-corrected chi connectivity index (χ3v) is 4.59. The third-order valence-electron chi connectivity index (χ3n) is 4.59. The largest absolute Gasteiger partial charge is 0.405 e. The molecule has 142 valence electrons. The van der Waals surface area contributed by atoms with Gasteiger partial charge in [-0.15, -0.1) is 0 Å². The highest BCUT2D eigenvalue weighted by molar-refractivity contribution is 5.85. The molecule has 10 heteroatoms. The van der Waals surface area contributed by atoms with Crippen LogP contribution in [-0.2, 0) is 23.9 Å². The summed E-state index contributed by atoms with van der Waals surface area (Å²) < 4.78 is 41.0. The van der Waals surface area contributed by atoms with E-state index in [1.807, 2.05) is 13.2 Å². The monoisotopic (exact) mass is 370 g/mol. The molecule has 26 heavy (non-hydrogen) atoms. The zero-order chi connectivity index (χ0) is 18.8. The van der Waals surface area contributed by atoms with Crippen molar-refractivity contribution >= 4 is 5.91 Å². The standard InChI is InChI=1S/C16H21F3N6O/c1-23-8-13(7-22-23)9-24-5-2-3-15(11-24,25-6-4-20-12-25)14(26)21-10-16(17,18)19/h4,6-8,12H,2-3,5,9-11H2,1H3,(H,21,26). The Kier molecular flexibility index (Phi) is 5.03. The molecule has 1 amide bonds. The number of carbonyl (C=O) groups is 1. The van der Waals surface area contributed by atoms with Crippen LogP contribution < -0.4 is 5.32 Å². The van der Waals surface area contributed by atoms with E-state index < -0.39 is 24.2 Å². The molecule has 2 aromatic heterocycles. The summed E-state index contributed by atoms with van der Waals surface area (Å²) in [6, 6.07) is 0. The maximum absolute atomic E-state index is 12.8. The molecule has 1 unspecified atom stereocenters. The Morgan fingerprint density at radius 3 is 2.85 bits per heavy atom. The number of nitrogens with one attached hydrogen (secondary N) is 1. The molecule has 1 atom stereocenters. The average molecular weight is 370 g/mol. The third kappa shape index (κ3) is 4.06. The highest BCUT2D eigenvalue weighted by atomic mass is 19.4. The van der Waals surface area contributed by atoms with Crippen molar-refractivity contribution in [1.82, 2.24) is 29.5 Å². The fourth-order valence-corrected chi connectivity index (χ4v) is 3.44. The molecule has 0 saturated carbocycles. The van der Waals surface area contributed by atoms with Gasteiger partial charge in [-0.2, -0.15) is 18.3 Å². The number of nitrogens with zero attached hydrogens (tertiary/aromatic N) is 5. The Labute approximate surface area is 148 Å². The topological polar surface area (TPSA) is 68.0 Å². The molecule has 0 aliphatic carbocycles. The minimum absolute atomic E-state index is 0.307. The van der Waals surface area contributed by atoms with Crippen LogP contribution in [0.4, 0.5) is 13.2 Å². The average Bonchev–Trinajstić information content (AvgIpc) is 3.24. The van der Waals surface area contributed by atoms with E-state index in [0.29, 0.717) is 25.9 Å². The van der Waals surface area contributed by atoms with Gasteiger partial charge in [0.1, 0.15) is 12.1 Å². The number of hydrogen-bond acceptors (Lipinski definition) is 4. The number of aromatic nitrogens is 4. The number of piperidine rings is 1. The van der Waals surface area contributed by atoms with E-state index in [1.54, 1.807) is 21.6 Å². The Bertz CT molecular complexity index is 742. The van der Waals surface area contributed by atoms with Crippen LogP contribution in [0.15, 0.2) is 31.1 Å². The lowest BCUT2D eigenvalue weighted by Gasteiger charge is -2.42. The molecule has 1 aliphatic heterocycles. The summed E-state index contributed by atoms with van der Waals surface area (Å²) in [4.78, 5) is 18.8. The number of alkyl halides is 3. The van der Waals surface area contributed by atoms with Crippen molar-refractivity contribution in [2.75, 3.05) is 19.6 Å². The van der Waals surface area contributed by atoms with Crippen molar-refractivity contribution in [2.45, 2.75) is 31.1 Å². The number of halogens is 3. The zero-order valence-corrected chi connectivity index (χ0v) is 14.4. The summed E-state index contributed by atoms with van der Waals surface area (Å²) >= 11 is 0. The van der Waals surface area contributed by atoms with Gasteiger partial charge in [0.25, 0.3) is 0 Å². The quantitative estimate of drug-likeness (QED) is 0.861. The fraction of sp³-hybridized carbons (Fsp3) is 0.562. The second-order valence-electron chi connectivity index (χ2n) is 6.64. The molecule has 0 bridgehead atoms. The van der Waals surface area contributed by atoms with E-state index in [1.165, 1.54) is 12.5 Å². The summed E-state index contributed by atoms with van der Waals surface area (Å²) in [5, 5.41) is 6.18. The molecule has 1 aliphatic rings. The molecule has 3 heterocycles. The zero-order valence-electron chi connectivity index (χ0n) is 14.4. The lowest BCUT2D eigenvalue weighted by molar-refractivity contribution is -0.146. The van der Waals surface area contributed by atoms with E-state index >= 15 is 0 Å². The first kappa shape index (κ1) is 18.4. The maximum atomic E-state index is 12.8. The lowest BCUT2D eigenvalue weighted by Crippen LogP contribution is -2.58. The summed E-state index contributed by atoms with van der Waals surface area (Å²) in [6.07, 6.45) is 4.97. The minimum atomic E-state index is -4.45. The highest BCUT2D eigenvalue weighted by Crippen LogP contribution is 2.30. The van der Waals surface area contributed by atoms with Crippen LogP contribution in [0.5, 0.6) is 0 Å². The van der Waals surface area contributed by atoms with Gasteiger partial charge in [-0.25, -0.2) is 4.98 Å². The van der Waals surface area contributed by atoms with Gasteiger partial charge in [-0.3, -0.25) is 14.4 Å². The number of aryl methyl sites for hydroxylation is 1. The van der Waals surface area contributed by atoms with E-state index in [9.17, 15) is 18.0 Å². The van der Waals surface area contributed by atoms with Gasteiger partial charge >= 0.3 is 6.18 Å². The Morgan fingerprint density at radius 2 is 2.23 bits per heavy atom. The number of hydrogen-bond donors (Lipinski definition) is 1. The van der Waals surface area contributed by atoms with Gasteiger partial charge in [0.15, 0.2) is 0 Å². The first-order valence-corrected chi connectivity index (χ1v) is 8.32. The van der Waals surface area contributed by atoms with Crippen molar-refractivity contribution < 1.29 is 18.0 Å². The van der Waals surface area contributed by atoms with Crippen molar-refractivity contribution in [1.29, 1.82) is 0 Å². The van der Waals surface area contributed by atoms with Crippen LogP contribution >= 0.6 is 0 Å². The number of carbonyl (C=O) groups excluding carboxylic acids is 1. The van der Waals surface area contributed by atoms with Crippen molar-refractivity contribution in [3.63, 3.8) is 0 Å². The van der Waals surface area contributed by atoms with E-state index in [2.05, 4.69) is 20.3 Å². The molecule has 0 radical (unpaired) electrons. The molecule has 1 saturated heterocycles. The summed E-state index contributed by atoms with van der Waals surface area (Å²) in [6.45, 7) is 0.307. The molecule has 0 spiro atoms. The number of imidazole rings is 1. The van der Waals surface area contributed by atoms with Crippen LogP contribution in [0.1, 0.15) is 18.4 Å². The maximum Gasteiger partial charge on any atom is 0.405 e. The molecular weight excluding hydrogens is 349 g/mol. The minimum Gasteiger partial charge on any atom is -0.345 e. The molecule has 2 aromatic rings. The summed E-state index contributed by atoms with van der Waals surface area (Å²) in [5.41, 5.74) is -0.119. The first-order valence-electron chi connectivity index (χ1n) is 8.32. The van der Waals surface area contributed by atoms with Gasteiger partial charge in [0.2, 0.25) is 5.91 Å². The molecule has 7 nitrogen and oxygen atoms in total. The van der Waals surface area contributed by atoms with Gasteiger partial charge in [0, 0.05) is 44.3 Å². The number of amides is 1. The van der Waals surface area contributed by atoms with Crippen LogP contribution in [0.2, 0.25) is 0 Å². The Balaban J connectivity index is 1.80. The fourth-order valence-electron chi connectivity index (χ4n) is 3.44.